The number of nitrogens with one attached hydrogen (secondary N) is 1. The van der Waals surface area contributed by atoms with Crippen LogP contribution in [-0.4, -0.2) is 49.3 Å². The maximum atomic E-state index is 5.56. The minimum Gasteiger partial charge on any atom is -0.381 e. The van der Waals surface area contributed by atoms with E-state index in [-0.39, 0.29) is 5.54 Å². The summed E-state index contributed by atoms with van der Waals surface area (Å²) in [5, 5.41) is 3.63. The van der Waals surface area contributed by atoms with Gasteiger partial charge in [0, 0.05) is 30.7 Å². The Labute approximate surface area is 106 Å². The molecule has 100 valence electrons. The van der Waals surface area contributed by atoms with Crippen LogP contribution < -0.4 is 5.32 Å². The molecule has 0 spiro atoms. The summed E-state index contributed by atoms with van der Waals surface area (Å²) >= 11 is 0. The first kappa shape index (κ1) is 13.3. The van der Waals surface area contributed by atoms with Gasteiger partial charge in [-0.1, -0.05) is 13.8 Å². The van der Waals surface area contributed by atoms with Crippen LogP contribution in [0.5, 0.6) is 0 Å². The number of hydrogen-bond acceptors (Lipinski definition) is 3. The topological polar surface area (TPSA) is 24.5 Å². The van der Waals surface area contributed by atoms with Crippen molar-refractivity contribution in [2.45, 2.75) is 58.2 Å². The number of hydrogen-bond donors (Lipinski definition) is 1. The van der Waals surface area contributed by atoms with Gasteiger partial charge in [-0.3, -0.25) is 4.90 Å². The van der Waals surface area contributed by atoms with E-state index in [9.17, 15) is 0 Å². The van der Waals surface area contributed by atoms with Crippen LogP contribution in [0, 0.1) is 5.41 Å². The van der Waals surface area contributed by atoms with E-state index >= 15 is 0 Å². The molecule has 1 saturated heterocycles. The largest absolute Gasteiger partial charge is 0.381 e. The van der Waals surface area contributed by atoms with Crippen molar-refractivity contribution in [3.63, 3.8) is 0 Å². The lowest BCUT2D eigenvalue weighted by atomic mass is 9.63. The summed E-state index contributed by atoms with van der Waals surface area (Å²) in [4.78, 5) is 2.68. The van der Waals surface area contributed by atoms with Crippen LogP contribution in [0.1, 0.15) is 40.5 Å². The van der Waals surface area contributed by atoms with E-state index in [2.05, 4.69) is 37.9 Å². The number of rotatable bonds is 2. The predicted octanol–water partition coefficient (Wildman–Crippen LogP) is 1.87. The first-order valence-corrected chi connectivity index (χ1v) is 6.89. The molecule has 0 aromatic heterocycles. The van der Waals surface area contributed by atoms with Crippen LogP contribution in [0.25, 0.3) is 0 Å². The van der Waals surface area contributed by atoms with Crippen LogP contribution in [0.15, 0.2) is 0 Å². The first-order chi connectivity index (χ1) is 7.87. The molecule has 0 bridgehead atoms. The molecule has 2 atom stereocenters. The fourth-order valence-corrected chi connectivity index (χ4v) is 3.50. The standard InChI is InChI=1S/C14H28N2O/c1-13(2)10-16(8-6-7-15-13)11-9-12(17-5)14(11,3)4/h11-12,15H,6-10H2,1-5H3. The fourth-order valence-electron chi connectivity index (χ4n) is 3.50. The van der Waals surface area contributed by atoms with Crippen molar-refractivity contribution in [2.75, 3.05) is 26.7 Å². The van der Waals surface area contributed by atoms with Crippen LogP contribution in [0.3, 0.4) is 0 Å². The Morgan fingerprint density at radius 1 is 1.24 bits per heavy atom. The number of methoxy groups -OCH3 is 1. The smallest absolute Gasteiger partial charge is 0.0652 e. The summed E-state index contributed by atoms with van der Waals surface area (Å²) < 4.78 is 5.56. The molecule has 1 heterocycles. The van der Waals surface area contributed by atoms with Crippen molar-refractivity contribution >= 4 is 0 Å². The molecule has 2 aliphatic rings. The third-order valence-electron chi connectivity index (χ3n) is 4.68. The molecule has 1 aliphatic carbocycles. The van der Waals surface area contributed by atoms with Gasteiger partial charge in [-0.25, -0.2) is 0 Å². The highest BCUT2D eigenvalue weighted by molar-refractivity contribution is 5.05. The molecule has 0 aromatic carbocycles. The molecule has 0 amide bonds. The number of ether oxygens (including phenoxy) is 1. The third kappa shape index (κ3) is 2.51. The maximum absolute atomic E-state index is 5.56. The highest BCUT2D eigenvalue weighted by Gasteiger charge is 2.51. The minimum absolute atomic E-state index is 0.241. The molecule has 0 aromatic rings. The Morgan fingerprint density at radius 3 is 2.53 bits per heavy atom. The Balaban J connectivity index is 2.03. The third-order valence-corrected chi connectivity index (χ3v) is 4.68. The average molecular weight is 240 g/mol. The van der Waals surface area contributed by atoms with Crippen molar-refractivity contribution in [3.8, 4) is 0 Å². The fraction of sp³-hybridized carbons (Fsp3) is 1.00. The van der Waals surface area contributed by atoms with E-state index in [1.165, 1.54) is 19.4 Å². The Kier molecular flexibility index (Phi) is 3.54. The monoisotopic (exact) mass is 240 g/mol. The molecule has 0 radical (unpaired) electrons. The summed E-state index contributed by atoms with van der Waals surface area (Å²) in [5.74, 6) is 0. The molecular weight excluding hydrogens is 212 g/mol. The second kappa shape index (κ2) is 4.52. The van der Waals surface area contributed by atoms with Gasteiger partial charge in [0.1, 0.15) is 0 Å². The molecule has 1 saturated carbocycles. The van der Waals surface area contributed by atoms with Crippen molar-refractivity contribution in [3.05, 3.63) is 0 Å². The van der Waals surface area contributed by atoms with Crippen LogP contribution in [0.2, 0.25) is 0 Å². The SMILES string of the molecule is COC1CC(N2CCCNC(C)(C)C2)C1(C)C. The van der Waals surface area contributed by atoms with Gasteiger partial charge >= 0.3 is 0 Å². The lowest BCUT2D eigenvalue weighted by molar-refractivity contribution is -0.139. The van der Waals surface area contributed by atoms with Gasteiger partial charge in [0.15, 0.2) is 0 Å². The van der Waals surface area contributed by atoms with E-state index in [4.69, 9.17) is 4.74 Å². The van der Waals surface area contributed by atoms with Crippen molar-refractivity contribution in [1.29, 1.82) is 0 Å². The lowest BCUT2D eigenvalue weighted by Crippen LogP contribution is -2.63. The van der Waals surface area contributed by atoms with E-state index in [1.807, 2.05) is 7.11 Å². The molecule has 3 heteroatoms. The maximum Gasteiger partial charge on any atom is 0.0652 e. The molecular formula is C14H28N2O. The zero-order chi connectivity index (χ0) is 12.7. The molecule has 1 N–H and O–H groups in total. The van der Waals surface area contributed by atoms with Crippen molar-refractivity contribution < 1.29 is 4.74 Å². The second-order valence-corrected chi connectivity index (χ2v) is 6.93. The van der Waals surface area contributed by atoms with Gasteiger partial charge in [-0.15, -0.1) is 0 Å². The second-order valence-electron chi connectivity index (χ2n) is 6.93. The summed E-state index contributed by atoms with van der Waals surface area (Å²) in [5.41, 5.74) is 0.542. The molecule has 2 unspecified atom stereocenters. The zero-order valence-electron chi connectivity index (χ0n) is 12.0. The minimum atomic E-state index is 0.241. The molecule has 1 aliphatic heterocycles. The van der Waals surface area contributed by atoms with Gasteiger partial charge in [0.2, 0.25) is 0 Å². The van der Waals surface area contributed by atoms with Crippen LogP contribution in [0.4, 0.5) is 0 Å². The van der Waals surface area contributed by atoms with Gasteiger partial charge < -0.3 is 10.1 Å². The zero-order valence-corrected chi connectivity index (χ0v) is 12.0. The first-order valence-electron chi connectivity index (χ1n) is 6.89. The predicted molar refractivity (Wildman–Crippen MR) is 71.3 cm³/mol. The lowest BCUT2D eigenvalue weighted by Gasteiger charge is -2.56. The molecule has 2 fully saturated rings. The van der Waals surface area contributed by atoms with Crippen molar-refractivity contribution in [1.82, 2.24) is 10.2 Å². The number of nitrogens with zero attached hydrogens (tertiary/aromatic N) is 1. The van der Waals surface area contributed by atoms with Gasteiger partial charge in [0.25, 0.3) is 0 Å². The van der Waals surface area contributed by atoms with Gasteiger partial charge in [-0.2, -0.15) is 0 Å². The summed E-state index contributed by atoms with van der Waals surface area (Å²) in [6, 6.07) is 0.687. The van der Waals surface area contributed by atoms with Gasteiger partial charge in [0.05, 0.1) is 6.10 Å². The van der Waals surface area contributed by atoms with E-state index < -0.39 is 0 Å². The molecule has 3 nitrogen and oxygen atoms in total. The summed E-state index contributed by atoms with van der Waals surface area (Å²) in [7, 11) is 1.84. The molecule has 17 heavy (non-hydrogen) atoms. The highest BCUT2D eigenvalue weighted by Crippen LogP contribution is 2.46. The van der Waals surface area contributed by atoms with Crippen LogP contribution >= 0.6 is 0 Å². The van der Waals surface area contributed by atoms with E-state index in [0.29, 0.717) is 17.6 Å². The molecule has 2 rings (SSSR count). The van der Waals surface area contributed by atoms with E-state index in [1.54, 1.807) is 0 Å². The Morgan fingerprint density at radius 2 is 1.94 bits per heavy atom. The van der Waals surface area contributed by atoms with Crippen LogP contribution in [-0.2, 0) is 4.74 Å². The normalized spacial score (nSPS) is 37.2. The average Bonchev–Trinajstić information content (AvgIpc) is 2.38. The Hall–Kier alpha value is -0.120. The van der Waals surface area contributed by atoms with Gasteiger partial charge in [-0.05, 0) is 39.8 Å². The van der Waals surface area contributed by atoms with E-state index in [0.717, 1.165) is 13.1 Å². The highest BCUT2D eigenvalue weighted by atomic mass is 16.5. The Bertz CT molecular complexity index is 275. The summed E-state index contributed by atoms with van der Waals surface area (Å²) in [6.07, 6.45) is 2.89. The van der Waals surface area contributed by atoms with Crippen molar-refractivity contribution in [2.24, 2.45) is 5.41 Å². The quantitative estimate of drug-likeness (QED) is 0.797. The summed E-state index contributed by atoms with van der Waals surface area (Å²) in [6.45, 7) is 12.8.